The molecular formula is C21H26N2O4. The molecule has 3 fully saturated rings. The second kappa shape index (κ2) is 6.04. The standard InChI is InChI=1S/C21H26N2O4/c1-27-19(25)18-13-10-17-21(14-4-2-3-5-15(14)22-20(21)26)8-9-23(17)11-12(13)6-7-16(18)24/h2-5,12-13,16-18,24H,6-11H2,1H3,(H,22,26)/t12-,13-,16-,17-,18+,21-/m0/s1. The van der Waals surface area contributed by atoms with E-state index in [2.05, 4.69) is 16.3 Å². The Labute approximate surface area is 158 Å². The smallest absolute Gasteiger partial charge is 0.311 e. The lowest BCUT2D eigenvalue weighted by atomic mass is 9.62. The Kier molecular flexibility index (Phi) is 3.85. The third kappa shape index (κ3) is 2.26. The number of hydrogen-bond donors (Lipinski definition) is 2. The van der Waals surface area contributed by atoms with Gasteiger partial charge in [0.2, 0.25) is 5.91 Å². The van der Waals surface area contributed by atoms with Crippen LogP contribution in [-0.2, 0) is 19.7 Å². The van der Waals surface area contributed by atoms with E-state index in [4.69, 9.17) is 4.74 Å². The molecule has 2 N–H and O–H groups in total. The van der Waals surface area contributed by atoms with Gasteiger partial charge < -0.3 is 15.2 Å². The van der Waals surface area contributed by atoms with Gasteiger partial charge in [-0.3, -0.25) is 14.5 Å². The van der Waals surface area contributed by atoms with E-state index in [0.29, 0.717) is 12.3 Å². The zero-order chi connectivity index (χ0) is 18.8. The largest absolute Gasteiger partial charge is 0.469 e. The van der Waals surface area contributed by atoms with Gasteiger partial charge in [-0.2, -0.15) is 0 Å². The molecule has 6 nitrogen and oxygen atoms in total. The van der Waals surface area contributed by atoms with Crippen LogP contribution in [0.4, 0.5) is 5.69 Å². The van der Waals surface area contributed by atoms with E-state index >= 15 is 0 Å². The number of anilines is 1. The molecule has 0 unspecified atom stereocenters. The van der Waals surface area contributed by atoms with Gasteiger partial charge in [-0.05, 0) is 55.7 Å². The van der Waals surface area contributed by atoms with Crippen LogP contribution in [0.15, 0.2) is 24.3 Å². The van der Waals surface area contributed by atoms with Crippen LogP contribution in [0.3, 0.4) is 0 Å². The Hall–Kier alpha value is -1.92. The van der Waals surface area contributed by atoms with Gasteiger partial charge in [0.25, 0.3) is 0 Å². The van der Waals surface area contributed by atoms with Crippen LogP contribution in [0, 0.1) is 17.8 Å². The summed E-state index contributed by atoms with van der Waals surface area (Å²) in [6.07, 6.45) is 2.49. The van der Waals surface area contributed by atoms with E-state index in [-0.39, 0.29) is 23.8 Å². The van der Waals surface area contributed by atoms with Gasteiger partial charge in [0.15, 0.2) is 0 Å². The summed E-state index contributed by atoms with van der Waals surface area (Å²) in [5, 5.41) is 13.6. The van der Waals surface area contributed by atoms with Crippen molar-refractivity contribution in [2.45, 2.75) is 43.2 Å². The molecule has 0 radical (unpaired) electrons. The number of rotatable bonds is 1. The number of carbonyl (C=O) groups is 2. The minimum atomic E-state index is -0.646. The lowest BCUT2D eigenvalue weighted by Crippen LogP contribution is -2.57. The number of carbonyl (C=O) groups excluding carboxylic acids is 2. The maximum absolute atomic E-state index is 13.1. The Morgan fingerprint density at radius 2 is 2.15 bits per heavy atom. The zero-order valence-corrected chi connectivity index (χ0v) is 15.6. The van der Waals surface area contributed by atoms with Gasteiger partial charge in [-0.1, -0.05) is 18.2 Å². The predicted molar refractivity (Wildman–Crippen MR) is 99.1 cm³/mol. The number of nitrogens with one attached hydrogen (secondary N) is 1. The zero-order valence-electron chi connectivity index (χ0n) is 15.6. The van der Waals surface area contributed by atoms with Crippen LogP contribution in [-0.4, -0.2) is 54.2 Å². The topological polar surface area (TPSA) is 78.9 Å². The minimum Gasteiger partial charge on any atom is -0.469 e. The van der Waals surface area contributed by atoms with E-state index < -0.39 is 17.4 Å². The van der Waals surface area contributed by atoms with Crippen molar-refractivity contribution in [3.05, 3.63) is 29.8 Å². The van der Waals surface area contributed by atoms with Crippen molar-refractivity contribution in [3.63, 3.8) is 0 Å². The van der Waals surface area contributed by atoms with Crippen molar-refractivity contribution in [2.75, 3.05) is 25.5 Å². The molecule has 3 aliphatic heterocycles. The molecule has 27 heavy (non-hydrogen) atoms. The van der Waals surface area contributed by atoms with Gasteiger partial charge in [-0.15, -0.1) is 0 Å². The first-order valence-corrected chi connectivity index (χ1v) is 9.97. The third-order valence-electron chi connectivity index (χ3n) is 7.62. The molecule has 144 valence electrons. The lowest BCUT2D eigenvalue weighted by molar-refractivity contribution is -0.159. The van der Waals surface area contributed by atoms with Gasteiger partial charge in [0.05, 0.1) is 24.5 Å². The molecule has 4 aliphatic rings. The number of nitrogens with zero attached hydrogens (tertiary/aromatic N) is 1. The normalized spacial score (nSPS) is 40.2. The number of ether oxygens (including phenoxy) is 1. The van der Waals surface area contributed by atoms with E-state index in [1.54, 1.807) is 0 Å². The Morgan fingerprint density at radius 3 is 2.96 bits per heavy atom. The van der Waals surface area contributed by atoms with Crippen molar-refractivity contribution in [1.82, 2.24) is 4.90 Å². The van der Waals surface area contributed by atoms with Crippen molar-refractivity contribution in [1.29, 1.82) is 0 Å². The molecule has 1 aliphatic carbocycles. The van der Waals surface area contributed by atoms with E-state index in [9.17, 15) is 14.7 Å². The Morgan fingerprint density at radius 1 is 1.33 bits per heavy atom. The lowest BCUT2D eigenvalue weighted by Gasteiger charge is -2.49. The fraction of sp³-hybridized carbons (Fsp3) is 0.619. The van der Waals surface area contributed by atoms with Gasteiger partial charge in [-0.25, -0.2) is 0 Å². The highest BCUT2D eigenvalue weighted by Gasteiger charge is 2.61. The number of aliphatic hydroxyl groups excluding tert-OH is 1. The number of piperidine rings is 1. The Balaban J connectivity index is 1.53. The molecule has 0 bridgehead atoms. The quantitative estimate of drug-likeness (QED) is 0.733. The number of fused-ring (bicyclic) bond motifs is 5. The summed E-state index contributed by atoms with van der Waals surface area (Å²) in [4.78, 5) is 28.0. The molecule has 3 heterocycles. The highest BCUT2D eigenvalue weighted by molar-refractivity contribution is 6.07. The van der Waals surface area contributed by atoms with Gasteiger partial charge in [0.1, 0.15) is 0 Å². The monoisotopic (exact) mass is 370 g/mol. The first-order valence-electron chi connectivity index (χ1n) is 9.97. The summed E-state index contributed by atoms with van der Waals surface area (Å²) in [6, 6.07) is 8.05. The molecule has 1 spiro atoms. The summed E-state index contributed by atoms with van der Waals surface area (Å²) in [5.41, 5.74) is 1.47. The summed E-state index contributed by atoms with van der Waals surface area (Å²) in [6.45, 7) is 1.80. The van der Waals surface area contributed by atoms with E-state index in [1.807, 2.05) is 18.2 Å². The van der Waals surface area contributed by atoms with Gasteiger partial charge >= 0.3 is 5.97 Å². The first kappa shape index (κ1) is 17.2. The van der Waals surface area contributed by atoms with Crippen LogP contribution in [0.1, 0.15) is 31.2 Å². The van der Waals surface area contributed by atoms with Crippen molar-refractivity contribution < 1.29 is 19.4 Å². The molecule has 6 heteroatoms. The second-order valence-corrected chi connectivity index (χ2v) is 8.59. The van der Waals surface area contributed by atoms with Gasteiger partial charge in [0, 0.05) is 18.3 Å². The van der Waals surface area contributed by atoms with Crippen LogP contribution >= 0.6 is 0 Å². The van der Waals surface area contributed by atoms with Crippen LogP contribution < -0.4 is 5.32 Å². The third-order valence-corrected chi connectivity index (χ3v) is 7.62. The fourth-order valence-corrected chi connectivity index (χ4v) is 6.39. The predicted octanol–water partition coefficient (Wildman–Crippen LogP) is 1.53. The average Bonchev–Trinajstić information content (AvgIpc) is 3.19. The van der Waals surface area contributed by atoms with Crippen LogP contribution in [0.2, 0.25) is 0 Å². The fourth-order valence-electron chi connectivity index (χ4n) is 6.39. The van der Waals surface area contributed by atoms with E-state index in [0.717, 1.165) is 43.6 Å². The molecule has 1 aromatic carbocycles. The number of esters is 1. The van der Waals surface area contributed by atoms with Crippen molar-refractivity contribution in [3.8, 4) is 0 Å². The SMILES string of the molecule is COC(=O)[C@@H]1[C@H]2C[C@@H]3N(CC[C@@]34C(=O)Nc3ccccc34)C[C@@H]2CC[C@@H]1O. The van der Waals surface area contributed by atoms with Crippen molar-refractivity contribution in [2.24, 2.45) is 17.8 Å². The van der Waals surface area contributed by atoms with Crippen LogP contribution in [0.5, 0.6) is 0 Å². The molecule has 1 aromatic rings. The molecule has 2 saturated heterocycles. The molecule has 6 atom stereocenters. The molecular weight excluding hydrogens is 344 g/mol. The summed E-state index contributed by atoms with van der Waals surface area (Å²) >= 11 is 0. The Bertz CT molecular complexity index is 796. The maximum atomic E-state index is 13.1. The number of aliphatic hydroxyl groups is 1. The minimum absolute atomic E-state index is 0.0676. The highest BCUT2D eigenvalue weighted by Crippen LogP contribution is 2.54. The number of para-hydroxylation sites is 1. The number of methoxy groups -OCH3 is 1. The molecule has 0 aromatic heterocycles. The number of hydrogen-bond acceptors (Lipinski definition) is 5. The van der Waals surface area contributed by atoms with E-state index in [1.165, 1.54) is 7.11 Å². The maximum Gasteiger partial charge on any atom is 0.311 e. The summed E-state index contributed by atoms with van der Waals surface area (Å²) in [7, 11) is 1.39. The molecule has 1 saturated carbocycles. The summed E-state index contributed by atoms with van der Waals surface area (Å²) < 4.78 is 5.02. The first-order chi connectivity index (χ1) is 13.1. The molecule has 5 rings (SSSR count). The van der Waals surface area contributed by atoms with Crippen LogP contribution in [0.25, 0.3) is 0 Å². The van der Waals surface area contributed by atoms with Crippen molar-refractivity contribution >= 4 is 17.6 Å². The average molecular weight is 370 g/mol. The second-order valence-electron chi connectivity index (χ2n) is 8.59. The molecule has 1 amide bonds. The summed E-state index contributed by atoms with van der Waals surface area (Å²) in [5.74, 6) is -0.260. The number of benzene rings is 1. The highest BCUT2D eigenvalue weighted by atomic mass is 16.5. The number of amides is 1.